The summed E-state index contributed by atoms with van der Waals surface area (Å²) in [4.78, 5) is 44.4. The molecular formula is C21H19N3O5. The van der Waals surface area contributed by atoms with Gasteiger partial charge in [-0.05, 0) is 5.56 Å². The lowest BCUT2D eigenvalue weighted by Gasteiger charge is -2.16. The number of benzene rings is 2. The lowest BCUT2D eigenvalue weighted by atomic mass is 10.1. The van der Waals surface area contributed by atoms with Crippen molar-refractivity contribution in [2.75, 3.05) is 14.2 Å². The van der Waals surface area contributed by atoms with Gasteiger partial charge in [-0.25, -0.2) is 14.6 Å². The number of hydrogen-bond acceptors (Lipinski definition) is 6. The second kappa shape index (κ2) is 8.83. The van der Waals surface area contributed by atoms with Crippen LogP contribution in [-0.2, 0) is 14.3 Å². The van der Waals surface area contributed by atoms with Crippen LogP contribution < -0.4 is 5.32 Å². The Hall–Kier alpha value is -3.94. The molecule has 8 nitrogen and oxygen atoms in total. The predicted molar refractivity (Wildman–Crippen MR) is 104 cm³/mol. The van der Waals surface area contributed by atoms with Crippen molar-refractivity contribution in [1.29, 1.82) is 0 Å². The van der Waals surface area contributed by atoms with Gasteiger partial charge in [-0.15, -0.1) is 0 Å². The van der Waals surface area contributed by atoms with E-state index in [0.717, 1.165) is 0 Å². The Balaban J connectivity index is 1.97. The molecule has 0 saturated carbocycles. The fraction of sp³-hybridized carbons (Fsp3) is 0.143. The zero-order chi connectivity index (χ0) is 20.8. The van der Waals surface area contributed by atoms with E-state index in [2.05, 4.69) is 15.3 Å². The normalized spacial score (nSPS) is 11.4. The first-order valence-corrected chi connectivity index (χ1v) is 8.72. The van der Waals surface area contributed by atoms with Crippen LogP contribution >= 0.6 is 0 Å². The highest BCUT2D eigenvalue weighted by molar-refractivity contribution is 6.04. The Labute approximate surface area is 166 Å². The maximum absolute atomic E-state index is 12.9. The smallest absolute Gasteiger partial charge is 0.357 e. The first kappa shape index (κ1) is 19.8. The van der Waals surface area contributed by atoms with Gasteiger partial charge in [-0.2, -0.15) is 0 Å². The van der Waals surface area contributed by atoms with Crippen molar-refractivity contribution in [3.63, 3.8) is 0 Å². The Kier molecular flexibility index (Phi) is 6.03. The van der Waals surface area contributed by atoms with E-state index in [1.165, 1.54) is 14.2 Å². The minimum absolute atomic E-state index is 0.111. The summed E-state index contributed by atoms with van der Waals surface area (Å²) in [5.41, 5.74) is 0.927. The molecule has 0 aliphatic rings. The average Bonchev–Trinajstić information content (AvgIpc) is 3.23. The van der Waals surface area contributed by atoms with Crippen LogP contribution in [0.5, 0.6) is 0 Å². The van der Waals surface area contributed by atoms with Crippen molar-refractivity contribution >= 4 is 17.8 Å². The van der Waals surface area contributed by atoms with E-state index in [1.54, 1.807) is 54.6 Å². The van der Waals surface area contributed by atoms with Crippen molar-refractivity contribution in [2.24, 2.45) is 0 Å². The number of aromatic amines is 1. The van der Waals surface area contributed by atoms with E-state index in [-0.39, 0.29) is 11.4 Å². The molecule has 2 aromatic carbocycles. The summed E-state index contributed by atoms with van der Waals surface area (Å²) in [6.45, 7) is 0. The van der Waals surface area contributed by atoms with Crippen molar-refractivity contribution in [2.45, 2.75) is 6.04 Å². The van der Waals surface area contributed by atoms with Crippen LogP contribution in [0, 0.1) is 0 Å². The molecule has 3 rings (SSSR count). The fourth-order valence-corrected chi connectivity index (χ4v) is 2.76. The number of amides is 1. The average molecular weight is 393 g/mol. The number of esters is 2. The third-order valence-corrected chi connectivity index (χ3v) is 4.20. The van der Waals surface area contributed by atoms with E-state index in [1.807, 2.05) is 6.07 Å². The van der Waals surface area contributed by atoms with Crippen LogP contribution in [0.25, 0.3) is 11.4 Å². The Morgan fingerprint density at radius 2 is 1.55 bits per heavy atom. The van der Waals surface area contributed by atoms with Crippen molar-refractivity contribution < 1.29 is 23.9 Å². The van der Waals surface area contributed by atoms with E-state index in [9.17, 15) is 14.4 Å². The number of carbonyl (C=O) groups excluding carboxylic acids is 3. The third-order valence-electron chi connectivity index (χ3n) is 4.20. The molecule has 0 bridgehead atoms. The van der Waals surface area contributed by atoms with Gasteiger partial charge >= 0.3 is 11.9 Å². The third kappa shape index (κ3) is 4.32. The number of rotatable bonds is 6. The standard InChI is InChI=1S/C21H19N3O5/c1-28-20(26)15(13-9-5-3-6-10-13)24-19(25)16-17(21(27)29-2)23-18(22-16)14-11-7-4-8-12-14/h3-12,15H,1-2H3,(H,22,23)(H,24,25)/t15-/m1/s1. The fourth-order valence-electron chi connectivity index (χ4n) is 2.76. The van der Waals surface area contributed by atoms with Crippen LogP contribution in [-0.4, -0.2) is 42.0 Å². The summed E-state index contributed by atoms with van der Waals surface area (Å²) in [5, 5.41) is 2.58. The second-order valence-corrected chi connectivity index (χ2v) is 6.01. The summed E-state index contributed by atoms with van der Waals surface area (Å²) >= 11 is 0. The second-order valence-electron chi connectivity index (χ2n) is 6.01. The summed E-state index contributed by atoms with van der Waals surface area (Å²) in [6.07, 6.45) is 0. The van der Waals surface area contributed by atoms with Crippen LogP contribution in [0.15, 0.2) is 60.7 Å². The molecule has 0 aliphatic carbocycles. The van der Waals surface area contributed by atoms with Crippen molar-refractivity contribution in [3.8, 4) is 11.4 Å². The maximum atomic E-state index is 12.9. The number of imidazole rings is 1. The molecule has 0 unspecified atom stereocenters. The van der Waals surface area contributed by atoms with Gasteiger partial charge in [0.2, 0.25) is 0 Å². The number of H-pyrrole nitrogens is 1. The van der Waals surface area contributed by atoms with E-state index < -0.39 is 23.9 Å². The zero-order valence-corrected chi connectivity index (χ0v) is 15.8. The largest absolute Gasteiger partial charge is 0.467 e. The highest BCUT2D eigenvalue weighted by Gasteiger charge is 2.29. The van der Waals surface area contributed by atoms with Crippen LogP contribution in [0.4, 0.5) is 0 Å². The number of methoxy groups -OCH3 is 2. The molecule has 148 valence electrons. The molecular weight excluding hydrogens is 374 g/mol. The molecule has 3 aromatic rings. The molecule has 1 atom stereocenters. The molecule has 0 fully saturated rings. The van der Waals surface area contributed by atoms with Gasteiger partial charge in [0.25, 0.3) is 5.91 Å². The first-order valence-electron chi connectivity index (χ1n) is 8.72. The lowest BCUT2D eigenvalue weighted by Crippen LogP contribution is -2.35. The number of hydrogen-bond donors (Lipinski definition) is 2. The summed E-state index contributed by atoms with van der Waals surface area (Å²) in [5.74, 6) is -1.80. The van der Waals surface area contributed by atoms with Gasteiger partial charge in [0, 0.05) is 5.56 Å². The molecule has 1 aromatic heterocycles. The van der Waals surface area contributed by atoms with Gasteiger partial charge in [-0.1, -0.05) is 60.7 Å². The number of nitrogens with zero attached hydrogens (tertiary/aromatic N) is 1. The monoisotopic (exact) mass is 393 g/mol. The highest BCUT2D eigenvalue weighted by Crippen LogP contribution is 2.20. The topological polar surface area (TPSA) is 110 Å². The molecule has 0 radical (unpaired) electrons. The number of carbonyl (C=O) groups is 3. The minimum Gasteiger partial charge on any atom is -0.467 e. The van der Waals surface area contributed by atoms with E-state index >= 15 is 0 Å². The Morgan fingerprint density at radius 3 is 2.14 bits per heavy atom. The van der Waals surface area contributed by atoms with Crippen molar-refractivity contribution in [3.05, 3.63) is 77.6 Å². The SMILES string of the molecule is COC(=O)c1[nH]c(-c2ccccc2)nc1C(=O)N[C@@H](C(=O)OC)c1ccccc1. The summed E-state index contributed by atoms with van der Waals surface area (Å²) < 4.78 is 9.56. The van der Waals surface area contributed by atoms with Crippen LogP contribution in [0.3, 0.4) is 0 Å². The van der Waals surface area contributed by atoms with Gasteiger partial charge < -0.3 is 19.8 Å². The summed E-state index contributed by atoms with van der Waals surface area (Å²) in [7, 11) is 2.43. The predicted octanol–water partition coefficient (Wildman–Crippen LogP) is 2.51. The molecule has 8 heteroatoms. The molecule has 2 N–H and O–H groups in total. The zero-order valence-electron chi connectivity index (χ0n) is 15.8. The molecule has 0 spiro atoms. The Morgan fingerprint density at radius 1 is 0.931 bits per heavy atom. The number of aromatic nitrogens is 2. The highest BCUT2D eigenvalue weighted by atomic mass is 16.5. The first-order chi connectivity index (χ1) is 14.0. The number of ether oxygens (including phenoxy) is 2. The van der Waals surface area contributed by atoms with Crippen LogP contribution in [0.2, 0.25) is 0 Å². The van der Waals surface area contributed by atoms with Crippen molar-refractivity contribution in [1.82, 2.24) is 15.3 Å². The molecule has 1 heterocycles. The minimum atomic E-state index is -1.06. The lowest BCUT2D eigenvalue weighted by molar-refractivity contribution is -0.143. The Bertz CT molecular complexity index is 1020. The molecule has 0 aliphatic heterocycles. The van der Waals surface area contributed by atoms with Crippen LogP contribution in [0.1, 0.15) is 32.6 Å². The molecule has 29 heavy (non-hydrogen) atoms. The quantitative estimate of drug-likeness (QED) is 0.623. The van der Waals surface area contributed by atoms with Gasteiger partial charge in [0.1, 0.15) is 5.82 Å². The summed E-state index contributed by atoms with van der Waals surface area (Å²) in [6, 6.07) is 16.6. The van der Waals surface area contributed by atoms with Gasteiger partial charge in [0.15, 0.2) is 17.4 Å². The number of nitrogens with one attached hydrogen (secondary N) is 2. The van der Waals surface area contributed by atoms with E-state index in [0.29, 0.717) is 17.0 Å². The molecule has 1 amide bonds. The molecule has 0 saturated heterocycles. The maximum Gasteiger partial charge on any atom is 0.357 e. The van der Waals surface area contributed by atoms with Gasteiger partial charge in [-0.3, -0.25) is 4.79 Å². The van der Waals surface area contributed by atoms with E-state index in [4.69, 9.17) is 9.47 Å². The van der Waals surface area contributed by atoms with Gasteiger partial charge in [0.05, 0.1) is 14.2 Å².